The van der Waals surface area contributed by atoms with Crippen LogP contribution in [0.2, 0.25) is 0 Å². The van der Waals surface area contributed by atoms with Gasteiger partial charge in [-0.2, -0.15) is 0 Å². The van der Waals surface area contributed by atoms with Gasteiger partial charge in [0.05, 0.1) is 12.7 Å². The molecular formula is C20H16O7. The molecule has 0 fully saturated rings. The van der Waals surface area contributed by atoms with Gasteiger partial charge in [-0.15, -0.1) is 0 Å². The Morgan fingerprint density at radius 1 is 0.926 bits per heavy atom. The number of esters is 2. The number of carbonyl (C=O) groups is 2. The normalized spacial score (nSPS) is 10.5. The maximum Gasteiger partial charge on any atom is 0.308 e. The van der Waals surface area contributed by atoms with Gasteiger partial charge in [0, 0.05) is 31.5 Å². The average molecular weight is 368 g/mol. The molecule has 7 nitrogen and oxygen atoms in total. The van der Waals surface area contributed by atoms with Crippen LogP contribution in [0.15, 0.2) is 51.9 Å². The first-order chi connectivity index (χ1) is 12.9. The van der Waals surface area contributed by atoms with Crippen LogP contribution < -0.4 is 19.6 Å². The molecule has 3 rings (SSSR count). The van der Waals surface area contributed by atoms with Crippen molar-refractivity contribution < 1.29 is 28.2 Å². The number of hydrogen-bond donors (Lipinski definition) is 0. The summed E-state index contributed by atoms with van der Waals surface area (Å²) in [7, 11) is 1.50. The molecule has 1 heterocycles. The van der Waals surface area contributed by atoms with Crippen molar-refractivity contribution >= 4 is 22.9 Å². The predicted octanol–water partition coefficient (Wildman–Crippen LogP) is 3.32. The topological polar surface area (TPSA) is 92.0 Å². The van der Waals surface area contributed by atoms with Crippen molar-refractivity contribution in [3.8, 4) is 28.4 Å². The molecule has 7 heteroatoms. The Kier molecular flexibility index (Phi) is 4.94. The Morgan fingerprint density at radius 2 is 1.63 bits per heavy atom. The van der Waals surface area contributed by atoms with Crippen LogP contribution >= 0.6 is 0 Å². The maximum absolute atomic E-state index is 13.1. The zero-order valence-electron chi connectivity index (χ0n) is 14.9. The Hall–Kier alpha value is -3.61. The number of para-hydroxylation sites is 1. The molecule has 0 spiro atoms. The van der Waals surface area contributed by atoms with Gasteiger partial charge in [0.25, 0.3) is 0 Å². The second-order valence-electron chi connectivity index (χ2n) is 5.66. The standard InChI is InChI=1S/C20H16O7/c1-11(21)26-13-8-17-19(18(9-13)27-12(2)22)20(23)15(10-25-17)14-6-4-5-7-16(14)24-3/h4-10H,1-3H3. The van der Waals surface area contributed by atoms with Gasteiger partial charge >= 0.3 is 11.9 Å². The fraction of sp³-hybridized carbons (Fsp3) is 0.150. The van der Waals surface area contributed by atoms with E-state index in [1.807, 2.05) is 0 Å². The summed E-state index contributed by atoms with van der Waals surface area (Å²) in [5.41, 5.74) is 0.488. The molecule has 27 heavy (non-hydrogen) atoms. The van der Waals surface area contributed by atoms with E-state index in [9.17, 15) is 14.4 Å². The van der Waals surface area contributed by atoms with Crippen molar-refractivity contribution in [3.05, 3.63) is 52.9 Å². The van der Waals surface area contributed by atoms with Crippen molar-refractivity contribution in [2.24, 2.45) is 0 Å². The van der Waals surface area contributed by atoms with Gasteiger partial charge in [-0.3, -0.25) is 14.4 Å². The van der Waals surface area contributed by atoms with E-state index < -0.39 is 17.4 Å². The number of carbonyl (C=O) groups excluding carboxylic acids is 2. The largest absolute Gasteiger partial charge is 0.496 e. The molecule has 0 saturated carbocycles. The minimum atomic E-state index is -0.627. The smallest absolute Gasteiger partial charge is 0.308 e. The summed E-state index contributed by atoms with van der Waals surface area (Å²) in [4.78, 5) is 35.8. The van der Waals surface area contributed by atoms with E-state index in [4.69, 9.17) is 18.6 Å². The van der Waals surface area contributed by atoms with Crippen LogP contribution in [0.25, 0.3) is 22.1 Å². The highest BCUT2D eigenvalue weighted by Gasteiger charge is 2.19. The number of benzene rings is 2. The minimum Gasteiger partial charge on any atom is -0.496 e. The van der Waals surface area contributed by atoms with E-state index >= 15 is 0 Å². The monoisotopic (exact) mass is 368 g/mol. The lowest BCUT2D eigenvalue weighted by Crippen LogP contribution is -2.11. The van der Waals surface area contributed by atoms with Crippen LogP contribution in [0, 0.1) is 0 Å². The number of rotatable bonds is 4. The molecule has 138 valence electrons. The zero-order chi connectivity index (χ0) is 19.6. The second-order valence-corrected chi connectivity index (χ2v) is 5.66. The molecule has 0 aliphatic rings. The lowest BCUT2D eigenvalue weighted by atomic mass is 10.0. The van der Waals surface area contributed by atoms with Crippen LogP contribution in [0.4, 0.5) is 0 Å². The molecule has 0 N–H and O–H groups in total. The summed E-state index contributed by atoms with van der Waals surface area (Å²) >= 11 is 0. The lowest BCUT2D eigenvalue weighted by Gasteiger charge is -2.11. The van der Waals surface area contributed by atoms with E-state index in [0.29, 0.717) is 11.3 Å². The third kappa shape index (κ3) is 3.67. The van der Waals surface area contributed by atoms with Gasteiger partial charge in [0.15, 0.2) is 0 Å². The molecule has 0 bridgehead atoms. The molecule has 3 aromatic rings. The van der Waals surface area contributed by atoms with E-state index in [1.54, 1.807) is 24.3 Å². The molecule has 1 aromatic heterocycles. The van der Waals surface area contributed by atoms with Crippen molar-refractivity contribution in [2.75, 3.05) is 7.11 Å². The van der Waals surface area contributed by atoms with Crippen LogP contribution in [0.5, 0.6) is 17.2 Å². The molecule has 0 atom stereocenters. The van der Waals surface area contributed by atoms with Crippen molar-refractivity contribution in [3.63, 3.8) is 0 Å². The number of fused-ring (bicyclic) bond motifs is 1. The van der Waals surface area contributed by atoms with Crippen LogP contribution in [0.3, 0.4) is 0 Å². The van der Waals surface area contributed by atoms with E-state index in [1.165, 1.54) is 39.4 Å². The van der Waals surface area contributed by atoms with Gasteiger partial charge in [0.2, 0.25) is 5.43 Å². The minimum absolute atomic E-state index is 0.0539. The molecule has 0 saturated heterocycles. The fourth-order valence-electron chi connectivity index (χ4n) is 2.71. The molecule has 0 aliphatic carbocycles. The highest BCUT2D eigenvalue weighted by molar-refractivity contribution is 5.91. The Balaban J connectivity index is 2.29. The average Bonchev–Trinajstić information content (AvgIpc) is 2.60. The first kappa shape index (κ1) is 18.2. The van der Waals surface area contributed by atoms with Gasteiger partial charge in [0.1, 0.15) is 34.5 Å². The van der Waals surface area contributed by atoms with Gasteiger partial charge in [-0.1, -0.05) is 18.2 Å². The summed E-state index contributed by atoms with van der Waals surface area (Å²) in [6.07, 6.45) is 1.29. The zero-order valence-corrected chi connectivity index (χ0v) is 14.9. The molecule has 0 amide bonds. The van der Waals surface area contributed by atoms with E-state index in [-0.39, 0.29) is 28.0 Å². The number of ether oxygens (including phenoxy) is 3. The van der Waals surface area contributed by atoms with Gasteiger partial charge in [-0.25, -0.2) is 0 Å². The maximum atomic E-state index is 13.1. The number of hydrogen-bond acceptors (Lipinski definition) is 7. The first-order valence-corrected chi connectivity index (χ1v) is 8.00. The Morgan fingerprint density at radius 3 is 2.30 bits per heavy atom. The quantitative estimate of drug-likeness (QED) is 0.515. The summed E-state index contributed by atoms with van der Waals surface area (Å²) in [6.45, 7) is 2.44. The summed E-state index contributed by atoms with van der Waals surface area (Å²) in [5, 5.41) is 0.0597. The summed E-state index contributed by atoms with van der Waals surface area (Å²) in [6, 6.07) is 9.66. The lowest BCUT2D eigenvalue weighted by molar-refractivity contribution is -0.132. The molecule has 0 radical (unpaired) electrons. The molecule has 0 unspecified atom stereocenters. The molecule has 0 aliphatic heterocycles. The van der Waals surface area contributed by atoms with Crippen LogP contribution in [-0.2, 0) is 9.59 Å². The first-order valence-electron chi connectivity index (χ1n) is 8.00. The van der Waals surface area contributed by atoms with Crippen molar-refractivity contribution in [1.29, 1.82) is 0 Å². The third-order valence-electron chi connectivity index (χ3n) is 3.73. The number of methoxy groups -OCH3 is 1. The van der Waals surface area contributed by atoms with Crippen LogP contribution in [-0.4, -0.2) is 19.0 Å². The molecular weight excluding hydrogens is 352 g/mol. The predicted molar refractivity (Wildman–Crippen MR) is 97.1 cm³/mol. The third-order valence-corrected chi connectivity index (χ3v) is 3.73. The summed E-state index contributed by atoms with van der Waals surface area (Å²) in [5.74, 6) is -0.648. The van der Waals surface area contributed by atoms with E-state index in [0.717, 1.165) is 0 Å². The van der Waals surface area contributed by atoms with Crippen molar-refractivity contribution in [1.82, 2.24) is 0 Å². The SMILES string of the molecule is COc1ccccc1-c1coc2cc(OC(C)=O)cc(OC(C)=O)c2c1=O. The molecule has 2 aromatic carbocycles. The highest BCUT2D eigenvalue weighted by atomic mass is 16.5. The van der Waals surface area contributed by atoms with Crippen molar-refractivity contribution in [2.45, 2.75) is 13.8 Å². The summed E-state index contributed by atoms with van der Waals surface area (Å²) < 4.78 is 21.1. The van der Waals surface area contributed by atoms with E-state index in [2.05, 4.69) is 0 Å². The Bertz CT molecular complexity index is 1100. The van der Waals surface area contributed by atoms with Crippen LogP contribution in [0.1, 0.15) is 13.8 Å². The van der Waals surface area contributed by atoms with Gasteiger partial charge in [-0.05, 0) is 6.07 Å². The van der Waals surface area contributed by atoms with Gasteiger partial charge < -0.3 is 18.6 Å². The fourth-order valence-corrected chi connectivity index (χ4v) is 2.71. The highest BCUT2D eigenvalue weighted by Crippen LogP contribution is 2.33. The Labute approximate surface area is 154 Å². The second kappa shape index (κ2) is 7.33.